The van der Waals surface area contributed by atoms with Gasteiger partial charge in [0, 0.05) is 19.6 Å². The summed E-state index contributed by atoms with van der Waals surface area (Å²) < 4.78 is 17.0. The molecule has 1 aromatic heterocycles. The van der Waals surface area contributed by atoms with Gasteiger partial charge in [0.2, 0.25) is 0 Å². The number of hydrogen-bond acceptors (Lipinski definition) is 5. The summed E-state index contributed by atoms with van der Waals surface area (Å²) >= 11 is 0. The lowest BCUT2D eigenvalue weighted by atomic mass is 10.2. The first-order valence-corrected chi connectivity index (χ1v) is 7.56. The molecule has 0 radical (unpaired) electrons. The van der Waals surface area contributed by atoms with Crippen LogP contribution in [-0.4, -0.2) is 54.6 Å². The lowest BCUT2D eigenvalue weighted by molar-refractivity contribution is -0.0790. The molecule has 5 nitrogen and oxygen atoms in total. The van der Waals surface area contributed by atoms with Gasteiger partial charge in [0.05, 0.1) is 24.9 Å². The van der Waals surface area contributed by atoms with E-state index in [1.54, 1.807) is 0 Å². The highest BCUT2D eigenvalue weighted by molar-refractivity contribution is 5.09. The predicted molar refractivity (Wildman–Crippen MR) is 80.3 cm³/mol. The first kappa shape index (κ1) is 16.5. The van der Waals surface area contributed by atoms with Crippen molar-refractivity contribution in [2.45, 2.75) is 45.5 Å². The van der Waals surface area contributed by atoms with E-state index in [1.165, 1.54) is 0 Å². The van der Waals surface area contributed by atoms with Crippen molar-refractivity contribution >= 4 is 0 Å². The average molecular weight is 297 g/mol. The molecule has 1 aliphatic heterocycles. The molecule has 1 N–H and O–H groups in total. The number of morpholine rings is 1. The molecule has 1 aromatic rings. The Morgan fingerprint density at radius 1 is 1.43 bits per heavy atom. The molecular weight excluding hydrogens is 270 g/mol. The summed E-state index contributed by atoms with van der Waals surface area (Å²) in [6, 6.07) is 3.91. The van der Waals surface area contributed by atoms with Crippen LogP contribution < -0.4 is 0 Å². The van der Waals surface area contributed by atoms with E-state index in [2.05, 4.69) is 4.90 Å². The van der Waals surface area contributed by atoms with Gasteiger partial charge >= 0.3 is 0 Å². The Morgan fingerprint density at radius 3 is 2.81 bits per heavy atom. The number of nitrogens with zero attached hydrogens (tertiary/aromatic N) is 1. The summed E-state index contributed by atoms with van der Waals surface area (Å²) in [6.07, 6.45) is -0.538. The van der Waals surface area contributed by atoms with Crippen LogP contribution in [0.4, 0.5) is 0 Å². The monoisotopic (exact) mass is 297 g/mol. The van der Waals surface area contributed by atoms with Gasteiger partial charge in [0.15, 0.2) is 0 Å². The normalized spacial score (nSPS) is 22.4. The number of rotatable bonds is 5. The maximum absolute atomic E-state index is 10.1. The molecule has 0 amide bonds. The molecule has 0 aromatic carbocycles. The Bertz CT molecular complexity index is 438. The number of hydrogen-bond donors (Lipinski definition) is 1. The van der Waals surface area contributed by atoms with Crippen LogP contribution in [0.25, 0.3) is 0 Å². The Morgan fingerprint density at radius 2 is 2.19 bits per heavy atom. The Kier molecular flexibility index (Phi) is 5.43. The number of aliphatic hydroxyl groups excluding tert-OH is 1. The maximum Gasteiger partial charge on any atom is 0.134 e. The molecule has 2 heterocycles. The van der Waals surface area contributed by atoms with Crippen LogP contribution in [0, 0.1) is 6.92 Å². The van der Waals surface area contributed by atoms with E-state index in [1.807, 2.05) is 39.8 Å². The SMILES string of the molecule is Cc1ccc(C2CN(CC(O)COC(C)(C)C)CCO2)o1. The Balaban J connectivity index is 1.81. The lowest BCUT2D eigenvalue weighted by Crippen LogP contribution is -2.43. The van der Waals surface area contributed by atoms with Gasteiger partial charge in [0.25, 0.3) is 0 Å². The number of ether oxygens (including phenoxy) is 2. The smallest absolute Gasteiger partial charge is 0.134 e. The van der Waals surface area contributed by atoms with Crippen LogP contribution in [0.1, 0.15) is 38.4 Å². The van der Waals surface area contributed by atoms with Crippen molar-refractivity contribution in [1.82, 2.24) is 4.90 Å². The molecule has 1 aliphatic rings. The Hall–Kier alpha value is -0.880. The summed E-state index contributed by atoms with van der Waals surface area (Å²) in [6.45, 7) is 11.1. The quantitative estimate of drug-likeness (QED) is 0.902. The molecule has 2 unspecified atom stereocenters. The molecule has 0 aliphatic carbocycles. The van der Waals surface area contributed by atoms with Crippen LogP contribution in [-0.2, 0) is 9.47 Å². The van der Waals surface area contributed by atoms with Crippen LogP contribution in [0.15, 0.2) is 16.5 Å². The molecule has 5 heteroatoms. The van der Waals surface area contributed by atoms with E-state index in [0.29, 0.717) is 19.8 Å². The number of β-amino-alcohol motifs (C(OH)–C–C–N with tert-alkyl or cyclic N) is 1. The second-order valence-corrected chi connectivity index (χ2v) is 6.64. The number of furan rings is 1. The fourth-order valence-corrected chi connectivity index (χ4v) is 2.36. The molecule has 1 saturated heterocycles. The second-order valence-electron chi connectivity index (χ2n) is 6.64. The van der Waals surface area contributed by atoms with Crippen molar-refractivity contribution in [1.29, 1.82) is 0 Å². The van der Waals surface area contributed by atoms with Crippen molar-refractivity contribution in [2.24, 2.45) is 0 Å². The minimum absolute atomic E-state index is 0.0526. The summed E-state index contributed by atoms with van der Waals surface area (Å²) in [5.41, 5.74) is -0.222. The van der Waals surface area contributed by atoms with Crippen LogP contribution in [0.5, 0.6) is 0 Å². The largest absolute Gasteiger partial charge is 0.464 e. The molecule has 2 rings (SSSR count). The molecule has 120 valence electrons. The third kappa shape index (κ3) is 5.43. The van der Waals surface area contributed by atoms with Gasteiger partial charge in [-0.05, 0) is 39.8 Å². The third-order valence-electron chi connectivity index (χ3n) is 3.41. The van der Waals surface area contributed by atoms with Crippen molar-refractivity contribution in [3.63, 3.8) is 0 Å². The standard InChI is InChI=1S/C16H27NO4/c1-12-5-6-14(21-12)15-10-17(7-8-19-15)9-13(18)11-20-16(2,3)4/h5-6,13,15,18H,7-11H2,1-4H3. The van der Waals surface area contributed by atoms with Gasteiger partial charge in [-0.1, -0.05) is 0 Å². The fraction of sp³-hybridized carbons (Fsp3) is 0.750. The second kappa shape index (κ2) is 6.92. The van der Waals surface area contributed by atoms with Gasteiger partial charge in [-0.3, -0.25) is 4.90 Å². The van der Waals surface area contributed by atoms with Gasteiger partial charge in [0.1, 0.15) is 17.6 Å². The zero-order valence-electron chi connectivity index (χ0n) is 13.5. The van der Waals surface area contributed by atoms with Crippen molar-refractivity contribution in [3.05, 3.63) is 23.7 Å². The predicted octanol–water partition coefficient (Wildman–Crippen LogP) is 2.14. The number of aliphatic hydroxyl groups is 1. The molecule has 1 fully saturated rings. The minimum atomic E-state index is -0.485. The zero-order valence-corrected chi connectivity index (χ0v) is 13.5. The summed E-state index contributed by atoms with van der Waals surface area (Å²) in [5.74, 6) is 1.75. The molecule has 0 bridgehead atoms. The van der Waals surface area contributed by atoms with Gasteiger partial charge in [-0.25, -0.2) is 0 Å². The highest BCUT2D eigenvalue weighted by Crippen LogP contribution is 2.24. The highest BCUT2D eigenvalue weighted by atomic mass is 16.5. The molecule has 0 spiro atoms. The van der Waals surface area contributed by atoms with Crippen LogP contribution in [0.3, 0.4) is 0 Å². The molecule has 21 heavy (non-hydrogen) atoms. The van der Waals surface area contributed by atoms with E-state index in [0.717, 1.165) is 24.6 Å². The van der Waals surface area contributed by atoms with E-state index >= 15 is 0 Å². The fourth-order valence-electron chi connectivity index (χ4n) is 2.36. The highest BCUT2D eigenvalue weighted by Gasteiger charge is 2.26. The maximum atomic E-state index is 10.1. The summed E-state index contributed by atoms with van der Waals surface area (Å²) in [7, 11) is 0. The van der Waals surface area contributed by atoms with Gasteiger partial charge < -0.3 is 19.0 Å². The molecule has 2 atom stereocenters. The molecule has 0 saturated carbocycles. The zero-order chi connectivity index (χ0) is 15.5. The first-order chi connectivity index (χ1) is 9.83. The minimum Gasteiger partial charge on any atom is -0.464 e. The average Bonchev–Trinajstić information content (AvgIpc) is 2.83. The number of aryl methyl sites for hydroxylation is 1. The third-order valence-corrected chi connectivity index (χ3v) is 3.41. The Labute approximate surface area is 126 Å². The van der Waals surface area contributed by atoms with Crippen LogP contribution in [0.2, 0.25) is 0 Å². The van der Waals surface area contributed by atoms with Gasteiger partial charge in [-0.15, -0.1) is 0 Å². The first-order valence-electron chi connectivity index (χ1n) is 7.56. The van der Waals surface area contributed by atoms with Crippen molar-refractivity contribution in [2.75, 3.05) is 32.8 Å². The van der Waals surface area contributed by atoms with Crippen molar-refractivity contribution in [3.8, 4) is 0 Å². The van der Waals surface area contributed by atoms with Crippen molar-refractivity contribution < 1.29 is 19.0 Å². The van der Waals surface area contributed by atoms with E-state index in [9.17, 15) is 5.11 Å². The van der Waals surface area contributed by atoms with E-state index < -0.39 is 6.10 Å². The summed E-state index contributed by atoms with van der Waals surface area (Å²) in [4.78, 5) is 2.20. The summed E-state index contributed by atoms with van der Waals surface area (Å²) in [5, 5.41) is 10.1. The van der Waals surface area contributed by atoms with Crippen LogP contribution >= 0.6 is 0 Å². The topological polar surface area (TPSA) is 55.1 Å². The molecular formula is C16H27NO4. The van der Waals surface area contributed by atoms with E-state index in [-0.39, 0.29) is 11.7 Å². The lowest BCUT2D eigenvalue weighted by Gasteiger charge is -2.33. The van der Waals surface area contributed by atoms with E-state index in [4.69, 9.17) is 13.9 Å². The van der Waals surface area contributed by atoms with Gasteiger partial charge in [-0.2, -0.15) is 0 Å².